The number of rotatable bonds is 7. The quantitative estimate of drug-likeness (QED) is 0.204. The second-order valence-electron chi connectivity index (χ2n) is 7.00. The molecule has 9 nitrogen and oxygen atoms in total. The van der Waals surface area contributed by atoms with Gasteiger partial charge in [0, 0.05) is 59.4 Å². The highest BCUT2D eigenvalue weighted by Gasteiger charge is 2.30. The van der Waals surface area contributed by atoms with Crippen molar-refractivity contribution in [2.24, 2.45) is 4.99 Å². The normalized spacial score (nSPS) is 20.0. The molecule has 0 radical (unpaired) electrons. The highest BCUT2D eigenvalue weighted by molar-refractivity contribution is 14.0. The summed E-state index contributed by atoms with van der Waals surface area (Å²) in [5, 5.41) is 3.20. The number of guanidine groups is 1. The van der Waals surface area contributed by atoms with Gasteiger partial charge in [-0.25, -0.2) is 13.1 Å². The average Bonchev–Trinajstić information content (AvgIpc) is 3.22. The maximum atomic E-state index is 12.6. The zero-order valence-electron chi connectivity index (χ0n) is 17.2. The number of sulfonamides is 1. The smallest absolute Gasteiger partial charge is 0.239 e. The molecule has 1 unspecified atom stereocenters. The molecule has 28 heavy (non-hydrogen) atoms. The molecule has 1 amide bonds. The first-order valence-electron chi connectivity index (χ1n) is 9.83. The predicted molar refractivity (Wildman–Crippen MR) is 123 cm³/mol. The van der Waals surface area contributed by atoms with Crippen molar-refractivity contribution in [3.63, 3.8) is 0 Å². The van der Waals surface area contributed by atoms with Gasteiger partial charge in [0.1, 0.15) is 0 Å². The first kappa shape index (κ1) is 25.4. The number of amides is 1. The van der Waals surface area contributed by atoms with Crippen LogP contribution in [0.4, 0.5) is 0 Å². The lowest BCUT2D eigenvalue weighted by Crippen LogP contribution is -2.57. The van der Waals surface area contributed by atoms with E-state index in [4.69, 9.17) is 0 Å². The van der Waals surface area contributed by atoms with Gasteiger partial charge in [-0.05, 0) is 26.7 Å². The van der Waals surface area contributed by atoms with E-state index in [0.29, 0.717) is 13.1 Å². The number of halogens is 1. The minimum Gasteiger partial charge on any atom is -0.355 e. The SMILES string of the molecule is CCS(=O)(=O)NCCNC(=NC)N1CCN(C(C)C(=O)N2CCCC2)CC1.I. The van der Waals surface area contributed by atoms with Crippen LogP contribution < -0.4 is 10.0 Å². The van der Waals surface area contributed by atoms with Crippen LogP contribution in [0.15, 0.2) is 4.99 Å². The second-order valence-corrected chi connectivity index (χ2v) is 9.10. The Kier molecular flexibility index (Phi) is 11.0. The van der Waals surface area contributed by atoms with Crippen molar-refractivity contribution < 1.29 is 13.2 Å². The highest BCUT2D eigenvalue weighted by Crippen LogP contribution is 2.14. The molecule has 2 aliphatic rings. The largest absolute Gasteiger partial charge is 0.355 e. The van der Waals surface area contributed by atoms with Gasteiger partial charge in [0.15, 0.2) is 5.96 Å². The van der Waals surface area contributed by atoms with Crippen LogP contribution in [-0.2, 0) is 14.8 Å². The minimum absolute atomic E-state index is 0. The van der Waals surface area contributed by atoms with Crippen LogP contribution in [-0.4, -0.2) is 106 Å². The third kappa shape index (κ3) is 7.30. The number of piperazine rings is 1. The summed E-state index contributed by atoms with van der Waals surface area (Å²) in [5.74, 6) is 1.09. The molecule has 2 N–H and O–H groups in total. The molecule has 164 valence electrons. The van der Waals surface area contributed by atoms with Gasteiger partial charge in [-0.2, -0.15) is 0 Å². The topological polar surface area (TPSA) is 97.3 Å². The lowest BCUT2D eigenvalue weighted by molar-refractivity contribution is -0.135. The van der Waals surface area contributed by atoms with Crippen LogP contribution in [0, 0.1) is 0 Å². The van der Waals surface area contributed by atoms with Crippen LogP contribution in [0.2, 0.25) is 0 Å². The van der Waals surface area contributed by atoms with Crippen LogP contribution in [0.1, 0.15) is 26.7 Å². The van der Waals surface area contributed by atoms with E-state index in [2.05, 4.69) is 24.8 Å². The molecule has 1 atom stereocenters. The molecule has 0 aliphatic carbocycles. The lowest BCUT2D eigenvalue weighted by atomic mass is 10.2. The summed E-state index contributed by atoms with van der Waals surface area (Å²) in [7, 11) is -1.44. The van der Waals surface area contributed by atoms with Crippen molar-refractivity contribution in [3.05, 3.63) is 0 Å². The van der Waals surface area contributed by atoms with Crippen molar-refractivity contribution >= 4 is 45.9 Å². The number of likely N-dealkylation sites (tertiary alicyclic amines) is 1. The van der Waals surface area contributed by atoms with E-state index >= 15 is 0 Å². The minimum atomic E-state index is -3.17. The fourth-order valence-corrected chi connectivity index (χ4v) is 4.11. The zero-order valence-corrected chi connectivity index (χ0v) is 20.3. The van der Waals surface area contributed by atoms with Crippen LogP contribution in [0.25, 0.3) is 0 Å². The molecule has 0 saturated carbocycles. The molecule has 2 aliphatic heterocycles. The van der Waals surface area contributed by atoms with E-state index in [0.717, 1.165) is 58.1 Å². The van der Waals surface area contributed by atoms with E-state index < -0.39 is 10.0 Å². The summed E-state index contributed by atoms with van der Waals surface area (Å²) < 4.78 is 25.4. The molecule has 2 rings (SSSR count). The number of hydrogen-bond donors (Lipinski definition) is 2. The van der Waals surface area contributed by atoms with Crippen LogP contribution >= 0.6 is 24.0 Å². The molecule has 0 bridgehead atoms. The summed E-state index contributed by atoms with van der Waals surface area (Å²) in [6.45, 7) is 9.41. The molecule has 0 aromatic carbocycles. The standard InChI is InChI=1S/C17H34N6O3S.HI/c1-4-27(25,26)20-8-7-19-17(18-3)23-13-11-21(12-14-23)15(2)16(24)22-9-5-6-10-22;/h15,20H,4-14H2,1-3H3,(H,18,19);1H. The van der Waals surface area contributed by atoms with Gasteiger partial charge in [0.2, 0.25) is 15.9 Å². The van der Waals surface area contributed by atoms with Gasteiger partial charge in [0.05, 0.1) is 11.8 Å². The molecule has 0 aromatic heterocycles. The fraction of sp³-hybridized carbons (Fsp3) is 0.882. The summed E-state index contributed by atoms with van der Waals surface area (Å²) in [6, 6.07) is -0.0799. The Morgan fingerprint density at radius 2 is 1.64 bits per heavy atom. The molecule has 2 heterocycles. The molecular weight excluding hydrogens is 495 g/mol. The first-order valence-corrected chi connectivity index (χ1v) is 11.5. The number of aliphatic imine (C=N–C) groups is 1. The second kappa shape index (κ2) is 12.1. The Morgan fingerprint density at radius 3 is 2.18 bits per heavy atom. The Bertz CT molecular complexity index is 616. The van der Waals surface area contributed by atoms with Gasteiger partial charge in [-0.1, -0.05) is 0 Å². The van der Waals surface area contributed by atoms with Gasteiger partial charge in [-0.15, -0.1) is 24.0 Å². The Labute approximate surface area is 186 Å². The highest BCUT2D eigenvalue weighted by atomic mass is 127. The lowest BCUT2D eigenvalue weighted by Gasteiger charge is -2.39. The van der Waals surface area contributed by atoms with E-state index in [9.17, 15) is 13.2 Å². The van der Waals surface area contributed by atoms with E-state index in [1.807, 2.05) is 11.8 Å². The molecular formula is C17H35IN6O3S. The average molecular weight is 530 g/mol. The number of nitrogens with zero attached hydrogens (tertiary/aromatic N) is 4. The zero-order chi connectivity index (χ0) is 19.9. The number of carbonyl (C=O) groups is 1. The maximum Gasteiger partial charge on any atom is 0.239 e. The molecule has 0 spiro atoms. The van der Waals surface area contributed by atoms with Gasteiger partial charge in [0.25, 0.3) is 0 Å². The third-order valence-electron chi connectivity index (χ3n) is 5.26. The Hall–Kier alpha value is -0.660. The van der Waals surface area contributed by atoms with Gasteiger partial charge < -0.3 is 15.1 Å². The molecule has 0 aromatic rings. The number of nitrogens with one attached hydrogen (secondary N) is 2. The summed E-state index contributed by atoms with van der Waals surface area (Å²) >= 11 is 0. The monoisotopic (exact) mass is 530 g/mol. The predicted octanol–water partition coefficient (Wildman–Crippen LogP) is -0.252. The number of hydrogen-bond acceptors (Lipinski definition) is 5. The van der Waals surface area contributed by atoms with E-state index in [1.165, 1.54) is 0 Å². The Balaban J connectivity index is 0.00000392. The van der Waals surface area contributed by atoms with Crippen molar-refractivity contribution in [1.29, 1.82) is 0 Å². The number of carbonyl (C=O) groups excluding carboxylic acids is 1. The van der Waals surface area contributed by atoms with Gasteiger partial charge >= 0.3 is 0 Å². The fourth-order valence-electron chi connectivity index (χ4n) is 3.49. The van der Waals surface area contributed by atoms with Crippen LogP contribution in [0.5, 0.6) is 0 Å². The van der Waals surface area contributed by atoms with E-state index in [1.54, 1.807) is 14.0 Å². The van der Waals surface area contributed by atoms with Gasteiger partial charge in [-0.3, -0.25) is 14.7 Å². The van der Waals surface area contributed by atoms with Crippen molar-refractivity contribution in [2.45, 2.75) is 32.7 Å². The Morgan fingerprint density at radius 1 is 1.04 bits per heavy atom. The first-order chi connectivity index (χ1) is 12.9. The summed E-state index contributed by atoms with van der Waals surface area (Å²) in [5.41, 5.74) is 0. The van der Waals surface area contributed by atoms with Crippen molar-refractivity contribution in [3.8, 4) is 0 Å². The maximum absolute atomic E-state index is 12.6. The summed E-state index contributed by atoms with van der Waals surface area (Å²) in [4.78, 5) is 23.2. The van der Waals surface area contributed by atoms with E-state index in [-0.39, 0.29) is 41.7 Å². The van der Waals surface area contributed by atoms with Crippen molar-refractivity contribution in [2.75, 3.05) is 65.2 Å². The van der Waals surface area contributed by atoms with Crippen molar-refractivity contribution in [1.82, 2.24) is 24.7 Å². The third-order valence-corrected chi connectivity index (χ3v) is 6.66. The summed E-state index contributed by atoms with van der Waals surface area (Å²) in [6.07, 6.45) is 2.23. The molecule has 2 fully saturated rings. The van der Waals surface area contributed by atoms with Crippen LogP contribution in [0.3, 0.4) is 0 Å². The molecule has 11 heteroatoms. The molecule has 2 saturated heterocycles.